The van der Waals surface area contributed by atoms with Crippen LogP contribution in [0.25, 0.3) is 0 Å². The highest BCUT2D eigenvalue weighted by molar-refractivity contribution is 9.10. The summed E-state index contributed by atoms with van der Waals surface area (Å²) in [6, 6.07) is 8.39. The second kappa shape index (κ2) is 6.15. The number of alkyl halides is 3. The van der Waals surface area contributed by atoms with Gasteiger partial charge in [0.15, 0.2) is 0 Å². The van der Waals surface area contributed by atoms with E-state index in [9.17, 15) is 13.2 Å². The zero-order chi connectivity index (χ0) is 15.6. The third-order valence-corrected chi connectivity index (χ3v) is 3.57. The van der Waals surface area contributed by atoms with Crippen molar-refractivity contribution in [1.29, 1.82) is 0 Å². The topological polar surface area (TPSA) is 35.2 Å². The van der Waals surface area contributed by atoms with Gasteiger partial charge < -0.3 is 10.5 Å². The maximum atomic E-state index is 12.9. The van der Waals surface area contributed by atoms with Gasteiger partial charge in [-0.15, -0.1) is 0 Å². The number of hydrogen-bond acceptors (Lipinski definition) is 2. The van der Waals surface area contributed by atoms with Crippen molar-refractivity contribution in [2.75, 3.05) is 5.73 Å². The molecule has 2 N–H and O–H groups in total. The first-order valence-corrected chi connectivity index (χ1v) is 6.98. The zero-order valence-electron chi connectivity index (χ0n) is 10.5. The van der Waals surface area contributed by atoms with Crippen molar-refractivity contribution in [3.63, 3.8) is 0 Å². The molecular formula is C14H10BrClF3NO. The molecule has 0 aliphatic rings. The van der Waals surface area contributed by atoms with Crippen molar-refractivity contribution in [2.24, 2.45) is 0 Å². The van der Waals surface area contributed by atoms with E-state index < -0.39 is 11.7 Å². The number of halogens is 5. The van der Waals surface area contributed by atoms with E-state index in [0.717, 1.165) is 6.07 Å². The summed E-state index contributed by atoms with van der Waals surface area (Å²) in [6.45, 7) is -0.227. The second-order valence-corrected chi connectivity index (χ2v) is 5.57. The summed E-state index contributed by atoms with van der Waals surface area (Å²) < 4.78 is 44.8. The lowest BCUT2D eigenvalue weighted by atomic mass is 10.1. The van der Waals surface area contributed by atoms with Crippen LogP contribution in [-0.2, 0) is 12.8 Å². The van der Waals surface area contributed by atoms with Crippen molar-refractivity contribution in [1.82, 2.24) is 0 Å². The summed E-state index contributed by atoms with van der Waals surface area (Å²) in [5.41, 5.74) is 4.68. The molecule has 2 aromatic rings. The molecule has 0 unspecified atom stereocenters. The average Bonchev–Trinajstić information content (AvgIpc) is 2.38. The smallest absolute Gasteiger partial charge is 0.416 e. The highest BCUT2D eigenvalue weighted by atomic mass is 79.9. The van der Waals surface area contributed by atoms with Crippen LogP contribution in [-0.4, -0.2) is 0 Å². The number of nitrogen functional groups attached to an aromatic ring is 1. The Bertz CT molecular complexity index is 661. The number of ether oxygens (including phenoxy) is 1. The van der Waals surface area contributed by atoms with Crippen molar-refractivity contribution >= 4 is 33.2 Å². The van der Waals surface area contributed by atoms with Crippen LogP contribution in [0.1, 0.15) is 11.1 Å². The SMILES string of the molecule is Nc1ccc(COc2ccc(Cl)cc2Br)c(C(F)(F)F)c1. The quantitative estimate of drug-likeness (QED) is 0.735. The first-order valence-electron chi connectivity index (χ1n) is 5.81. The van der Waals surface area contributed by atoms with Crippen LogP contribution in [0, 0.1) is 0 Å². The van der Waals surface area contributed by atoms with Crippen molar-refractivity contribution in [2.45, 2.75) is 12.8 Å². The molecule has 2 nitrogen and oxygen atoms in total. The molecule has 2 rings (SSSR count). The van der Waals surface area contributed by atoms with Gasteiger partial charge >= 0.3 is 6.18 Å². The van der Waals surface area contributed by atoms with E-state index in [1.807, 2.05) is 0 Å². The number of hydrogen-bond donors (Lipinski definition) is 1. The second-order valence-electron chi connectivity index (χ2n) is 4.28. The van der Waals surface area contributed by atoms with Crippen LogP contribution in [0.5, 0.6) is 5.75 Å². The number of benzene rings is 2. The zero-order valence-corrected chi connectivity index (χ0v) is 12.9. The molecule has 0 fully saturated rings. The minimum atomic E-state index is -4.48. The van der Waals surface area contributed by atoms with Crippen molar-refractivity contribution in [3.05, 3.63) is 57.0 Å². The maximum Gasteiger partial charge on any atom is 0.416 e. The van der Waals surface area contributed by atoms with Crippen LogP contribution < -0.4 is 10.5 Å². The largest absolute Gasteiger partial charge is 0.488 e. The molecule has 21 heavy (non-hydrogen) atoms. The third-order valence-electron chi connectivity index (χ3n) is 2.72. The molecule has 0 amide bonds. The Kier molecular flexibility index (Phi) is 4.68. The van der Waals surface area contributed by atoms with Gasteiger partial charge in [0, 0.05) is 16.3 Å². The molecule has 0 saturated heterocycles. The summed E-state index contributed by atoms with van der Waals surface area (Å²) in [4.78, 5) is 0. The number of nitrogens with two attached hydrogens (primary N) is 1. The van der Waals surface area contributed by atoms with Crippen LogP contribution in [0.4, 0.5) is 18.9 Å². The summed E-state index contributed by atoms with van der Waals surface area (Å²) >= 11 is 9.03. The monoisotopic (exact) mass is 379 g/mol. The molecule has 112 valence electrons. The van der Waals surface area contributed by atoms with E-state index in [0.29, 0.717) is 15.2 Å². The van der Waals surface area contributed by atoms with Crippen molar-refractivity contribution < 1.29 is 17.9 Å². The van der Waals surface area contributed by atoms with E-state index in [1.54, 1.807) is 18.2 Å². The molecule has 0 radical (unpaired) electrons. The van der Waals surface area contributed by atoms with Gasteiger partial charge in [-0.2, -0.15) is 13.2 Å². The molecular weight excluding hydrogens is 371 g/mol. The minimum absolute atomic E-state index is 0.0125. The standard InChI is InChI=1S/C14H10BrClF3NO/c15-12-5-9(16)2-4-13(12)21-7-8-1-3-10(20)6-11(8)14(17,18)19/h1-6H,7,20H2. The van der Waals surface area contributed by atoms with Crippen LogP contribution in [0.3, 0.4) is 0 Å². The van der Waals surface area contributed by atoms with Gasteiger partial charge in [-0.25, -0.2) is 0 Å². The minimum Gasteiger partial charge on any atom is -0.488 e. The summed E-state index contributed by atoms with van der Waals surface area (Å²) in [5, 5.41) is 0.498. The predicted molar refractivity (Wildman–Crippen MR) is 79.3 cm³/mol. The lowest BCUT2D eigenvalue weighted by molar-refractivity contribution is -0.138. The van der Waals surface area contributed by atoms with Crippen molar-refractivity contribution in [3.8, 4) is 5.75 Å². The Morgan fingerprint density at radius 1 is 1.14 bits per heavy atom. The molecule has 0 heterocycles. The number of rotatable bonds is 3. The Morgan fingerprint density at radius 3 is 2.48 bits per heavy atom. The van der Waals surface area contributed by atoms with Crippen LogP contribution in [0.2, 0.25) is 5.02 Å². The molecule has 2 aromatic carbocycles. The Hall–Kier alpha value is -1.40. The molecule has 0 spiro atoms. The molecule has 0 aromatic heterocycles. The van der Waals surface area contributed by atoms with Gasteiger partial charge in [-0.3, -0.25) is 0 Å². The van der Waals surface area contributed by atoms with Gasteiger partial charge in [0.1, 0.15) is 12.4 Å². The first kappa shape index (κ1) is 16.0. The lowest BCUT2D eigenvalue weighted by Gasteiger charge is -2.15. The molecule has 0 aliphatic heterocycles. The summed E-state index contributed by atoms with van der Waals surface area (Å²) in [6.07, 6.45) is -4.48. The maximum absolute atomic E-state index is 12.9. The highest BCUT2D eigenvalue weighted by Crippen LogP contribution is 2.34. The molecule has 0 bridgehead atoms. The van der Waals surface area contributed by atoms with Crippen LogP contribution in [0.15, 0.2) is 40.9 Å². The van der Waals surface area contributed by atoms with Gasteiger partial charge in [0.25, 0.3) is 0 Å². The molecule has 0 saturated carbocycles. The normalized spacial score (nSPS) is 11.5. The predicted octanol–water partition coefficient (Wildman–Crippen LogP) is 5.28. The average molecular weight is 381 g/mol. The Morgan fingerprint density at radius 2 is 1.86 bits per heavy atom. The van der Waals surface area contributed by atoms with Gasteiger partial charge in [0.05, 0.1) is 10.0 Å². The molecule has 0 atom stereocenters. The van der Waals surface area contributed by atoms with E-state index in [4.69, 9.17) is 22.1 Å². The summed E-state index contributed by atoms with van der Waals surface area (Å²) in [7, 11) is 0. The summed E-state index contributed by atoms with van der Waals surface area (Å²) in [5.74, 6) is 0.407. The third kappa shape index (κ3) is 4.04. The van der Waals surface area contributed by atoms with Gasteiger partial charge in [0.2, 0.25) is 0 Å². The molecule has 0 aliphatic carbocycles. The fourth-order valence-electron chi connectivity index (χ4n) is 1.73. The fraction of sp³-hybridized carbons (Fsp3) is 0.143. The van der Waals surface area contributed by atoms with E-state index in [-0.39, 0.29) is 17.9 Å². The Balaban J connectivity index is 2.24. The lowest BCUT2D eigenvalue weighted by Crippen LogP contribution is -2.11. The Labute approximate surface area is 132 Å². The fourth-order valence-corrected chi connectivity index (χ4v) is 2.53. The first-order chi connectivity index (χ1) is 9.77. The van der Waals surface area contributed by atoms with Crippen LogP contribution >= 0.6 is 27.5 Å². The highest BCUT2D eigenvalue weighted by Gasteiger charge is 2.33. The van der Waals surface area contributed by atoms with E-state index in [2.05, 4.69) is 15.9 Å². The van der Waals surface area contributed by atoms with E-state index >= 15 is 0 Å². The molecule has 7 heteroatoms. The van der Waals surface area contributed by atoms with E-state index in [1.165, 1.54) is 12.1 Å². The van der Waals surface area contributed by atoms with Gasteiger partial charge in [-0.1, -0.05) is 17.7 Å². The van der Waals surface area contributed by atoms with Gasteiger partial charge in [-0.05, 0) is 46.3 Å². The number of anilines is 1.